The fraction of sp³-hybridized carbons (Fsp3) is 0.857. The second-order valence-electron chi connectivity index (χ2n) is 6.56. The zero-order chi connectivity index (χ0) is 17.3. The second-order valence-corrected chi connectivity index (χ2v) is 6.56. The van der Waals surface area contributed by atoms with Gasteiger partial charge >= 0.3 is 0 Å². The SMILES string of the molecule is OCC1OC(O[C@@H]2OC=C[C@@H]3[C@H]2[C@@]2(CO)O[C@]32O)C(O)C(O)C1O. The molecule has 10 heteroatoms. The Kier molecular flexibility index (Phi) is 3.70. The predicted molar refractivity (Wildman–Crippen MR) is 71.7 cm³/mol. The number of hydrogen-bond acceptors (Lipinski definition) is 10. The average molecular weight is 348 g/mol. The van der Waals surface area contributed by atoms with Crippen molar-refractivity contribution in [2.24, 2.45) is 11.8 Å². The molecule has 10 nitrogen and oxygen atoms in total. The van der Waals surface area contributed by atoms with Crippen molar-refractivity contribution in [3.8, 4) is 0 Å². The number of rotatable bonds is 4. The number of ether oxygens (including phenoxy) is 4. The molecule has 136 valence electrons. The van der Waals surface area contributed by atoms with E-state index in [1.165, 1.54) is 6.26 Å². The Morgan fingerprint density at radius 1 is 1.04 bits per heavy atom. The van der Waals surface area contributed by atoms with Crippen molar-refractivity contribution in [1.29, 1.82) is 0 Å². The summed E-state index contributed by atoms with van der Waals surface area (Å²) in [5.74, 6) is -2.44. The van der Waals surface area contributed by atoms with E-state index >= 15 is 0 Å². The third-order valence-electron chi connectivity index (χ3n) is 5.42. The average Bonchev–Trinajstić information content (AvgIpc) is 3.12. The van der Waals surface area contributed by atoms with Gasteiger partial charge in [0.05, 0.1) is 25.4 Å². The van der Waals surface area contributed by atoms with Crippen LogP contribution in [0.2, 0.25) is 0 Å². The molecule has 0 bridgehead atoms. The van der Waals surface area contributed by atoms with E-state index in [-0.39, 0.29) is 0 Å². The first kappa shape index (κ1) is 16.6. The first-order valence-corrected chi connectivity index (χ1v) is 7.71. The molecule has 0 radical (unpaired) electrons. The van der Waals surface area contributed by atoms with Crippen LogP contribution in [0.3, 0.4) is 0 Å². The number of fused-ring (bicyclic) bond motifs is 4. The topological polar surface area (TPSA) is 162 Å². The van der Waals surface area contributed by atoms with E-state index in [1.807, 2.05) is 0 Å². The molecule has 3 fully saturated rings. The fourth-order valence-corrected chi connectivity index (χ4v) is 3.96. The molecule has 10 atom stereocenters. The number of aliphatic hydroxyl groups is 6. The molecule has 4 rings (SSSR count). The minimum absolute atomic E-state index is 0.434. The lowest BCUT2D eigenvalue weighted by molar-refractivity contribution is -0.350. The molecule has 0 aromatic heterocycles. The van der Waals surface area contributed by atoms with E-state index < -0.39 is 73.4 Å². The van der Waals surface area contributed by atoms with Crippen molar-refractivity contribution >= 4 is 0 Å². The number of aliphatic hydroxyl groups excluding tert-OH is 5. The van der Waals surface area contributed by atoms with Gasteiger partial charge in [-0.2, -0.15) is 0 Å². The van der Waals surface area contributed by atoms with Crippen molar-refractivity contribution in [3.63, 3.8) is 0 Å². The molecule has 1 aliphatic carbocycles. The molecular weight excluding hydrogens is 328 g/mol. The molecule has 3 aliphatic heterocycles. The van der Waals surface area contributed by atoms with Crippen molar-refractivity contribution in [2.75, 3.05) is 13.2 Å². The van der Waals surface area contributed by atoms with Crippen LogP contribution in [-0.4, -0.2) is 92.2 Å². The Balaban J connectivity index is 1.50. The summed E-state index contributed by atoms with van der Waals surface area (Å²) in [4.78, 5) is 0. The molecule has 24 heavy (non-hydrogen) atoms. The van der Waals surface area contributed by atoms with E-state index in [1.54, 1.807) is 6.08 Å². The molecule has 0 aromatic rings. The van der Waals surface area contributed by atoms with Crippen molar-refractivity contribution in [2.45, 2.75) is 48.4 Å². The minimum atomic E-state index is -1.57. The molecule has 5 unspecified atom stereocenters. The number of hydrogen-bond donors (Lipinski definition) is 6. The quantitative estimate of drug-likeness (QED) is 0.280. The van der Waals surface area contributed by atoms with Gasteiger partial charge in [-0.3, -0.25) is 0 Å². The largest absolute Gasteiger partial charge is 0.472 e. The maximum atomic E-state index is 10.2. The lowest BCUT2D eigenvalue weighted by Crippen LogP contribution is -2.65. The summed E-state index contributed by atoms with van der Waals surface area (Å²) >= 11 is 0. The molecule has 6 N–H and O–H groups in total. The highest BCUT2D eigenvalue weighted by molar-refractivity contribution is 5.33. The van der Waals surface area contributed by atoms with Crippen LogP contribution in [0.1, 0.15) is 0 Å². The Morgan fingerprint density at radius 2 is 1.79 bits per heavy atom. The predicted octanol–water partition coefficient (Wildman–Crippen LogP) is -3.63. The minimum Gasteiger partial charge on any atom is -0.472 e. The van der Waals surface area contributed by atoms with Crippen LogP contribution in [0.5, 0.6) is 0 Å². The fourth-order valence-electron chi connectivity index (χ4n) is 3.96. The molecule has 3 heterocycles. The highest BCUT2D eigenvalue weighted by atomic mass is 16.8. The maximum absolute atomic E-state index is 10.2. The smallest absolute Gasteiger partial charge is 0.208 e. The van der Waals surface area contributed by atoms with Crippen LogP contribution in [0, 0.1) is 11.8 Å². The zero-order valence-corrected chi connectivity index (χ0v) is 12.5. The third-order valence-corrected chi connectivity index (χ3v) is 5.42. The van der Waals surface area contributed by atoms with Gasteiger partial charge in [0.1, 0.15) is 24.4 Å². The second kappa shape index (κ2) is 5.34. The van der Waals surface area contributed by atoms with Gasteiger partial charge in [0.25, 0.3) is 0 Å². The van der Waals surface area contributed by atoms with E-state index in [4.69, 9.17) is 18.9 Å². The lowest BCUT2D eigenvalue weighted by atomic mass is 9.61. The van der Waals surface area contributed by atoms with E-state index in [9.17, 15) is 30.6 Å². The molecule has 1 saturated carbocycles. The summed E-state index contributed by atoms with van der Waals surface area (Å²) in [6.07, 6.45) is -5.22. The molecule has 0 aromatic carbocycles. The Bertz CT molecular complexity index is 540. The monoisotopic (exact) mass is 348 g/mol. The van der Waals surface area contributed by atoms with Gasteiger partial charge in [-0.15, -0.1) is 0 Å². The Hall–Kier alpha value is -0.820. The first-order chi connectivity index (χ1) is 11.4. The van der Waals surface area contributed by atoms with Crippen LogP contribution in [0.15, 0.2) is 12.3 Å². The highest BCUT2D eigenvalue weighted by Gasteiger charge is 2.89. The highest BCUT2D eigenvalue weighted by Crippen LogP contribution is 2.71. The number of epoxide rings is 1. The van der Waals surface area contributed by atoms with Gasteiger partial charge in [0.2, 0.25) is 12.1 Å². The van der Waals surface area contributed by atoms with Gasteiger partial charge in [0, 0.05) is 5.92 Å². The summed E-state index contributed by atoms with van der Waals surface area (Å²) < 4.78 is 21.5. The maximum Gasteiger partial charge on any atom is 0.208 e. The van der Waals surface area contributed by atoms with Crippen LogP contribution in [0.25, 0.3) is 0 Å². The summed E-state index contributed by atoms with van der Waals surface area (Å²) in [6.45, 7) is -1.01. The van der Waals surface area contributed by atoms with Crippen molar-refractivity contribution in [1.82, 2.24) is 0 Å². The normalized spacial score (nSPS) is 58.2. The van der Waals surface area contributed by atoms with Gasteiger partial charge in [-0.1, -0.05) is 0 Å². The molecule has 2 saturated heterocycles. The molecule has 0 spiro atoms. The lowest BCUT2D eigenvalue weighted by Gasteiger charge is -2.48. The van der Waals surface area contributed by atoms with Gasteiger partial charge < -0.3 is 49.6 Å². The summed E-state index contributed by atoms with van der Waals surface area (Å²) in [5, 5.41) is 58.5. The summed E-state index contributed by atoms with van der Waals surface area (Å²) in [6, 6.07) is 0. The van der Waals surface area contributed by atoms with E-state index in [0.29, 0.717) is 0 Å². The summed E-state index contributed by atoms with van der Waals surface area (Å²) in [5.41, 5.74) is -1.19. The van der Waals surface area contributed by atoms with E-state index in [0.717, 1.165) is 0 Å². The van der Waals surface area contributed by atoms with Gasteiger partial charge in [0.15, 0.2) is 11.9 Å². The van der Waals surface area contributed by atoms with Gasteiger partial charge in [-0.25, -0.2) is 0 Å². The Morgan fingerprint density at radius 3 is 2.46 bits per heavy atom. The Labute approximate surface area is 136 Å². The molecule has 0 amide bonds. The first-order valence-electron chi connectivity index (χ1n) is 7.71. The third kappa shape index (κ3) is 1.91. The van der Waals surface area contributed by atoms with Gasteiger partial charge in [-0.05, 0) is 6.08 Å². The summed E-state index contributed by atoms with van der Waals surface area (Å²) in [7, 11) is 0. The van der Waals surface area contributed by atoms with Crippen LogP contribution >= 0.6 is 0 Å². The van der Waals surface area contributed by atoms with Crippen molar-refractivity contribution in [3.05, 3.63) is 12.3 Å². The molecule has 4 aliphatic rings. The molecular formula is C14H20O10. The van der Waals surface area contributed by atoms with Crippen LogP contribution < -0.4 is 0 Å². The van der Waals surface area contributed by atoms with Crippen LogP contribution in [0.4, 0.5) is 0 Å². The van der Waals surface area contributed by atoms with Crippen LogP contribution in [-0.2, 0) is 18.9 Å². The van der Waals surface area contributed by atoms with Crippen molar-refractivity contribution < 1.29 is 49.6 Å². The zero-order valence-electron chi connectivity index (χ0n) is 12.5. The standard InChI is InChI=1S/C14H20O10/c15-3-6-8(17)9(18)10(19)12(22-6)23-11-7-5(1-2-21-11)14(20)13(7,4-16)24-14/h1-2,5-12,15-20H,3-4H2/t5-,6?,7-,8?,9?,10?,11+,12?,13-,14-/m1/s1. The van der Waals surface area contributed by atoms with E-state index in [2.05, 4.69) is 0 Å².